The second-order valence-electron chi connectivity index (χ2n) is 4.20. The number of rotatable bonds is 2. The van der Waals surface area contributed by atoms with Crippen molar-refractivity contribution in [3.63, 3.8) is 0 Å². The highest BCUT2D eigenvalue weighted by molar-refractivity contribution is 5.83. The highest BCUT2D eigenvalue weighted by Gasteiger charge is 2.34. The average Bonchev–Trinajstić information content (AvgIpc) is 2.23. The van der Waals surface area contributed by atoms with Crippen molar-refractivity contribution in [1.82, 2.24) is 10.2 Å². The van der Waals surface area contributed by atoms with E-state index in [2.05, 4.69) is 5.32 Å². The van der Waals surface area contributed by atoms with E-state index < -0.39 is 12.0 Å². The van der Waals surface area contributed by atoms with Crippen LogP contribution >= 0.6 is 0 Å². The van der Waals surface area contributed by atoms with Crippen LogP contribution in [0.1, 0.15) is 19.3 Å². The number of carboxylic acids is 1. The lowest BCUT2D eigenvalue weighted by Crippen LogP contribution is -2.57. The summed E-state index contributed by atoms with van der Waals surface area (Å²) in [5.41, 5.74) is 0. The van der Waals surface area contributed by atoms with Gasteiger partial charge in [0.1, 0.15) is 0 Å². The number of hydrogen-bond donors (Lipinski definition) is 2. The highest BCUT2D eigenvalue weighted by Crippen LogP contribution is 2.19. The molecule has 6 heteroatoms. The predicted octanol–water partition coefficient (Wildman–Crippen LogP) is 0.0339. The molecular weight excluding hydrogens is 212 g/mol. The van der Waals surface area contributed by atoms with Gasteiger partial charge in [-0.25, -0.2) is 9.59 Å². The second kappa shape index (κ2) is 4.69. The maximum absolute atomic E-state index is 11.8. The van der Waals surface area contributed by atoms with Crippen LogP contribution in [0.3, 0.4) is 0 Å². The van der Waals surface area contributed by atoms with Gasteiger partial charge in [-0.3, -0.25) is 0 Å². The molecule has 2 N–H and O–H groups in total. The van der Waals surface area contributed by atoms with Crippen LogP contribution in [-0.2, 0) is 9.53 Å². The first kappa shape index (κ1) is 11.2. The molecule has 1 saturated carbocycles. The number of hydrogen-bond acceptors (Lipinski definition) is 3. The molecule has 2 amide bonds. The van der Waals surface area contributed by atoms with Gasteiger partial charge in [0.15, 0.2) is 6.04 Å². The van der Waals surface area contributed by atoms with Crippen molar-refractivity contribution >= 4 is 12.0 Å². The minimum atomic E-state index is -1.01. The van der Waals surface area contributed by atoms with Crippen molar-refractivity contribution in [2.75, 3.05) is 19.8 Å². The predicted molar refractivity (Wildman–Crippen MR) is 55.1 cm³/mol. The molecule has 1 heterocycles. The second-order valence-corrected chi connectivity index (χ2v) is 4.20. The van der Waals surface area contributed by atoms with E-state index in [1.54, 1.807) is 0 Å². The zero-order chi connectivity index (χ0) is 11.5. The van der Waals surface area contributed by atoms with Crippen molar-refractivity contribution in [3.05, 3.63) is 0 Å². The minimum absolute atomic E-state index is 0.0768. The number of nitrogens with one attached hydrogen (secondary N) is 1. The monoisotopic (exact) mass is 228 g/mol. The van der Waals surface area contributed by atoms with Gasteiger partial charge in [-0.15, -0.1) is 0 Å². The van der Waals surface area contributed by atoms with Crippen molar-refractivity contribution in [3.8, 4) is 0 Å². The summed E-state index contributed by atoms with van der Waals surface area (Å²) in [7, 11) is 0. The van der Waals surface area contributed by atoms with E-state index in [1.165, 1.54) is 4.90 Å². The zero-order valence-corrected chi connectivity index (χ0v) is 9.02. The van der Waals surface area contributed by atoms with Gasteiger partial charge in [-0.05, 0) is 19.3 Å². The summed E-state index contributed by atoms with van der Waals surface area (Å²) in [5.74, 6) is -1.01. The molecule has 0 spiro atoms. The molecule has 2 aliphatic rings. The Kier molecular flexibility index (Phi) is 3.28. The summed E-state index contributed by atoms with van der Waals surface area (Å²) >= 11 is 0. The third-order valence-electron chi connectivity index (χ3n) is 3.11. The van der Waals surface area contributed by atoms with Crippen LogP contribution in [-0.4, -0.2) is 53.8 Å². The molecule has 1 aliphatic carbocycles. The van der Waals surface area contributed by atoms with Crippen LogP contribution in [0.2, 0.25) is 0 Å². The summed E-state index contributed by atoms with van der Waals surface area (Å²) in [6.07, 6.45) is 3.12. The van der Waals surface area contributed by atoms with Crippen LogP contribution in [0.5, 0.6) is 0 Å². The van der Waals surface area contributed by atoms with E-state index in [4.69, 9.17) is 9.84 Å². The number of amides is 2. The fourth-order valence-electron chi connectivity index (χ4n) is 1.86. The third kappa shape index (κ3) is 2.27. The smallest absolute Gasteiger partial charge is 0.328 e. The van der Waals surface area contributed by atoms with Gasteiger partial charge in [0.05, 0.1) is 13.2 Å². The third-order valence-corrected chi connectivity index (χ3v) is 3.11. The molecule has 0 aromatic carbocycles. The quantitative estimate of drug-likeness (QED) is 0.699. The van der Waals surface area contributed by atoms with Gasteiger partial charge in [-0.1, -0.05) is 0 Å². The van der Waals surface area contributed by atoms with Crippen LogP contribution in [0, 0.1) is 0 Å². The van der Waals surface area contributed by atoms with E-state index in [9.17, 15) is 9.59 Å². The van der Waals surface area contributed by atoms with Gasteiger partial charge in [0, 0.05) is 12.6 Å². The molecule has 1 saturated heterocycles. The first-order valence-electron chi connectivity index (χ1n) is 5.56. The topological polar surface area (TPSA) is 78.9 Å². The summed E-state index contributed by atoms with van der Waals surface area (Å²) in [6, 6.07) is -0.904. The van der Waals surface area contributed by atoms with Crippen molar-refractivity contribution in [2.45, 2.75) is 31.3 Å². The molecule has 0 aromatic rings. The number of carboxylic acid groups (broad SMARTS) is 1. The molecule has 0 bridgehead atoms. The lowest BCUT2D eigenvalue weighted by atomic mass is 9.93. The molecule has 0 radical (unpaired) electrons. The van der Waals surface area contributed by atoms with Crippen molar-refractivity contribution in [2.24, 2.45) is 0 Å². The number of ether oxygens (including phenoxy) is 1. The van der Waals surface area contributed by atoms with Gasteiger partial charge in [-0.2, -0.15) is 0 Å². The number of morpholine rings is 1. The molecule has 1 atom stereocenters. The maximum Gasteiger partial charge on any atom is 0.328 e. The maximum atomic E-state index is 11.8. The summed E-state index contributed by atoms with van der Waals surface area (Å²) in [4.78, 5) is 24.1. The number of carbonyl (C=O) groups excluding carboxylic acids is 1. The van der Waals surface area contributed by atoms with Gasteiger partial charge in [0.2, 0.25) is 0 Å². The van der Waals surface area contributed by atoms with Crippen LogP contribution in [0.4, 0.5) is 4.79 Å². The molecule has 1 unspecified atom stereocenters. The zero-order valence-electron chi connectivity index (χ0n) is 9.02. The molecule has 1 aliphatic heterocycles. The Hall–Kier alpha value is -1.30. The molecule has 0 aromatic heterocycles. The number of carbonyl (C=O) groups is 2. The van der Waals surface area contributed by atoms with E-state index >= 15 is 0 Å². The Morgan fingerprint density at radius 3 is 2.69 bits per heavy atom. The first-order chi connectivity index (χ1) is 7.68. The van der Waals surface area contributed by atoms with Gasteiger partial charge < -0.3 is 20.1 Å². The SMILES string of the molecule is O=C(O)C1COCCN1C(=O)NC1CCC1. The Morgan fingerprint density at radius 2 is 2.12 bits per heavy atom. The highest BCUT2D eigenvalue weighted by atomic mass is 16.5. The minimum Gasteiger partial charge on any atom is -0.480 e. The summed E-state index contributed by atoms with van der Waals surface area (Å²) in [5, 5.41) is 11.8. The Labute approximate surface area is 93.6 Å². The molecule has 16 heavy (non-hydrogen) atoms. The Balaban J connectivity index is 1.93. The molecular formula is C10H16N2O4. The first-order valence-corrected chi connectivity index (χ1v) is 5.56. The van der Waals surface area contributed by atoms with Crippen LogP contribution in [0.15, 0.2) is 0 Å². The van der Waals surface area contributed by atoms with Crippen LogP contribution < -0.4 is 5.32 Å². The molecule has 6 nitrogen and oxygen atoms in total. The number of aliphatic carboxylic acids is 1. The van der Waals surface area contributed by atoms with Crippen molar-refractivity contribution < 1.29 is 19.4 Å². The van der Waals surface area contributed by atoms with Crippen molar-refractivity contribution in [1.29, 1.82) is 0 Å². The van der Waals surface area contributed by atoms with E-state index in [1.807, 2.05) is 0 Å². The van der Waals surface area contributed by atoms with Crippen LogP contribution in [0.25, 0.3) is 0 Å². The van der Waals surface area contributed by atoms with E-state index in [0.717, 1.165) is 19.3 Å². The largest absolute Gasteiger partial charge is 0.480 e. The summed E-state index contributed by atoms with van der Waals surface area (Å²) < 4.78 is 5.07. The Morgan fingerprint density at radius 1 is 1.38 bits per heavy atom. The lowest BCUT2D eigenvalue weighted by molar-refractivity contribution is -0.147. The average molecular weight is 228 g/mol. The standard InChI is InChI=1S/C10H16N2O4/c13-9(14)8-6-16-5-4-12(8)10(15)11-7-2-1-3-7/h7-8H,1-6H2,(H,11,15)(H,13,14). The normalized spacial score (nSPS) is 26.0. The van der Waals surface area contributed by atoms with E-state index in [-0.39, 0.29) is 18.7 Å². The number of nitrogens with zero attached hydrogens (tertiary/aromatic N) is 1. The van der Waals surface area contributed by atoms with Gasteiger partial charge in [0.25, 0.3) is 0 Å². The number of urea groups is 1. The lowest BCUT2D eigenvalue weighted by Gasteiger charge is -2.35. The fourth-order valence-corrected chi connectivity index (χ4v) is 1.86. The van der Waals surface area contributed by atoms with E-state index in [0.29, 0.717) is 13.2 Å². The Bertz CT molecular complexity index is 291. The molecule has 2 rings (SSSR count). The van der Waals surface area contributed by atoms with Gasteiger partial charge >= 0.3 is 12.0 Å². The molecule has 2 fully saturated rings. The fraction of sp³-hybridized carbons (Fsp3) is 0.800. The summed E-state index contributed by atoms with van der Waals surface area (Å²) in [6.45, 7) is 0.824. The molecule has 90 valence electrons.